The van der Waals surface area contributed by atoms with Crippen LogP contribution in [0.1, 0.15) is 124 Å². The molecule has 0 saturated carbocycles. The summed E-state index contributed by atoms with van der Waals surface area (Å²) in [6, 6.07) is 73.3. The number of esters is 8. The molecule has 10 aromatic rings. The quantitative estimate of drug-likeness (QED) is 0.00899. The molecule has 10 N–H and O–H groups in total. The van der Waals surface area contributed by atoms with Crippen LogP contribution >= 0.6 is 0 Å². The van der Waals surface area contributed by atoms with Crippen LogP contribution in [0.2, 0.25) is 0 Å². The highest BCUT2D eigenvalue weighted by molar-refractivity contribution is 6.21. The first-order valence-corrected chi connectivity index (χ1v) is 37.9. The Morgan fingerprint density at radius 2 is 0.419 bits per heavy atom. The Morgan fingerprint density at radius 3 is 0.605 bits per heavy atom. The molecule has 0 bridgehead atoms. The second-order valence-electron chi connectivity index (χ2n) is 26.8. The Balaban J connectivity index is 0.000000238. The van der Waals surface area contributed by atoms with E-state index in [1.54, 1.807) is 146 Å². The second-order valence-corrected chi connectivity index (χ2v) is 26.8. The van der Waals surface area contributed by atoms with E-state index < -0.39 is 171 Å². The fourth-order valence-electron chi connectivity index (χ4n) is 12.1. The number of carbonyl (C=O) groups excluding carboxylic acids is 12. The maximum atomic E-state index is 14.2. The van der Waals surface area contributed by atoms with Crippen molar-refractivity contribution in [1.29, 1.82) is 0 Å². The number of imide groups is 2. The molecule has 34 heteroatoms. The van der Waals surface area contributed by atoms with E-state index >= 15 is 0 Å². The van der Waals surface area contributed by atoms with E-state index in [1.807, 2.05) is 0 Å². The number of hydrogen-bond donors (Lipinski definition) is 8. The molecule has 0 aromatic heterocycles. The molecule has 0 saturated heterocycles. The van der Waals surface area contributed by atoms with Crippen molar-refractivity contribution in [1.82, 2.24) is 10.1 Å². The smallest absolute Gasteiger partial charge is 0.338 e. The predicted octanol–water partition coefficient (Wildman–Crippen LogP) is 6.43. The monoisotopic (exact) mass is 1700 g/mol. The van der Waals surface area contributed by atoms with Crippen LogP contribution in [0.15, 0.2) is 291 Å². The standard InChI is InChI=1S/C50H36N2O14.C34H30O10.C6H16N2O6/c53-43-35-25-13-14-26-36(35)44(54)51(43)61-29-39(63-47(57)31-17-5-1-6-18-31)41(65-49(59)33-21-9-3-10-22-33)42(66-50(60)34-23-11-4-12-24-34)40(64-48(58)32-19-7-2-8-20-32)30-62-52-45(55)37-27-15-16-28-38(37)46(52)56;35-21-27(41-31(37)23-13-5-1-6-14-23)29(43-33(39)25-17-9-3-10-18-25)30(44-34(40)26-19-11-4-12-20-26)28(22-36)42-32(38)24-15-7-2-8-16-24;7-13-1-3(9)5(11)6(12)4(10)2-14-8/h1-28,39-42H,29-30H2;1-20,27-30,35-36H,21-22H2;3-6,9-12H,1-2,7-8H2/t39-,40-,41-,42-;27-,28-,29-,30-;3-,4-,5-,6-/m111/s1. The number of hydroxylamine groups is 4. The zero-order valence-corrected chi connectivity index (χ0v) is 65.4. The fourth-order valence-corrected chi connectivity index (χ4v) is 12.1. The zero-order valence-electron chi connectivity index (χ0n) is 65.4. The van der Waals surface area contributed by atoms with Gasteiger partial charge >= 0.3 is 47.8 Å². The van der Waals surface area contributed by atoms with Crippen molar-refractivity contribution in [3.63, 3.8) is 0 Å². The molecule has 2 aliphatic rings. The number of rotatable bonds is 37. The van der Waals surface area contributed by atoms with Crippen molar-refractivity contribution in [3.05, 3.63) is 358 Å². The maximum Gasteiger partial charge on any atom is 0.338 e. The number of nitrogens with two attached hydrogens (primary N) is 2. The number of carbonyl (C=O) groups is 12. The van der Waals surface area contributed by atoms with Crippen LogP contribution in [0.5, 0.6) is 0 Å². The Labute approximate surface area is 706 Å². The molecule has 642 valence electrons. The van der Waals surface area contributed by atoms with Crippen LogP contribution in [0, 0.1) is 0 Å². The lowest BCUT2D eigenvalue weighted by Crippen LogP contribution is -2.55. The molecular weight excluding hydrogens is 1620 g/mol. The number of hydrogen-bond acceptors (Lipinski definition) is 32. The van der Waals surface area contributed by atoms with Crippen LogP contribution < -0.4 is 11.8 Å². The van der Waals surface area contributed by atoms with Crippen LogP contribution in [0.3, 0.4) is 0 Å². The van der Waals surface area contributed by atoms with Crippen molar-refractivity contribution in [2.45, 2.75) is 73.2 Å². The van der Waals surface area contributed by atoms with Gasteiger partial charge in [-0.25, -0.2) is 50.2 Å². The maximum absolute atomic E-state index is 14.2. The summed E-state index contributed by atoms with van der Waals surface area (Å²) in [7, 11) is 0. The number of ether oxygens (including phenoxy) is 8. The van der Waals surface area contributed by atoms with Gasteiger partial charge in [-0.1, -0.05) is 170 Å². The number of benzene rings is 10. The lowest BCUT2D eigenvalue weighted by molar-refractivity contribution is -0.181. The third-order valence-electron chi connectivity index (χ3n) is 18.5. The highest BCUT2D eigenvalue weighted by atomic mass is 16.7. The molecule has 0 unspecified atom stereocenters. The van der Waals surface area contributed by atoms with Gasteiger partial charge in [0.05, 0.1) is 93.2 Å². The van der Waals surface area contributed by atoms with Gasteiger partial charge in [0, 0.05) is 0 Å². The van der Waals surface area contributed by atoms with Crippen molar-refractivity contribution in [2.24, 2.45) is 11.8 Å². The fraction of sp³-hybridized carbons (Fsp3) is 0.200. The summed E-state index contributed by atoms with van der Waals surface area (Å²) in [5, 5.41) is 58.4. The van der Waals surface area contributed by atoms with Gasteiger partial charge in [-0.3, -0.25) is 28.9 Å². The lowest BCUT2D eigenvalue weighted by atomic mass is 10.0. The minimum absolute atomic E-state index is 0.00444. The number of aliphatic hydroxyl groups excluding tert-OH is 6. The SMILES string of the molecule is NOC[C@@H](O)[C@@H](O)[C@H](O)[C@H](O)CON.O=C(O[C@@H]([C@H](OC(=O)c1ccccc1)[C@@H](CO)OC(=O)c1ccccc1)[C@@H](CO)OC(=O)c1ccccc1)c1ccccc1.O=C(O[C@@H]([C@H](OC(=O)c1ccccc1)[C@@H](CON1C(=O)c2ccccc2C1=O)OC(=O)c1ccccc1)[C@@H](CON1C(=O)c2ccccc2C1=O)OC(=O)c1ccccc1)c1ccccc1. The summed E-state index contributed by atoms with van der Waals surface area (Å²) in [6.07, 6.45) is -20.8. The molecule has 4 amide bonds. The zero-order chi connectivity index (χ0) is 88.6. The van der Waals surface area contributed by atoms with E-state index in [-0.39, 0.29) is 80.0 Å². The van der Waals surface area contributed by atoms with E-state index in [9.17, 15) is 78.0 Å². The summed E-state index contributed by atoms with van der Waals surface area (Å²) in [5.74, 6) is -1.96. The van der Waals surface area contributed by atoms with Gasteiger partial charge in [0.2, 0.25) is 0 Å². The van der Waals surface area contributed by atoms with Crippen molar-refractivity contribution in [2.75, 3.05) is 39.6 Å². The van der Waals surface area contributed by atoms with Gasteiger partial charge in [0.25, 0.3) is 23.6 Å². The average Bonchev–Trinajstić information content (AvgIpc) is 1.72. The van der Waals surface area contributed by atoms with Gasteiger partial charge < -0.3 is 78.2 Å². The van der Waals surface area contributed by atoms with Gasteiger partial charge in [-0.05, 0) is 121 Å². The minimum Gasteiger partial charge on any atom is -0.452 e. The van der Waals surface area contributed by atoms with E-state index in [2.05, 4.69) is 21.5 Å². The Morgan fingerprint density at radius 1 is 0.250 bits per heavy atom. The summed E-state index contributed by atoms with van der Waals surface area (Å²) in [5.41, 5.74) is 0.427. The van der Waals surface area contributed by atoms with Crippen LogP contribution in [-0.4, -0.2) is 225 Å². The summed E-state index contributed by atoms with van der Waals surface area (Å²) < 4.78 is 46.9. The van der Waals surface area contributed by atoms with Gasteiger partial charge in [-0.2, -0.15) is 0 Å². The average molecular weight is 1700 g/mol. The van der Waals surface area contributed by atoms with Crippen LogP contribution in [0.25, 0.3) is 0 Å². The molecule has 0 fully saturated rings. The highest BCUT2D eigenvalue weighted by Crippen LogP contribution is 2.31. The van der Waals surface area contributed by atoms with Crippen LogP contribution in [-0.2, 0) is 57.2 Å². The third-order valence-corrected chi connectivity index (χ3v) is 18.5. The Kier molecular flexibility index (Phi) is 34.1. The molecular formula is C90H82N4O30. The Bertz CT molecular complexity index is 4850. The summed E-state index contributed by atoms with van der Waals surface area (Å²) in [4.78, 5) is 183. The molecule has 0 aliphatic carbocycles. The van der Waals surface area contributed by atoms with E-state index in [4.69, 9.17) is 57.8 Å². The van der Waals surface area contributed by atoms with Gasteiger partial charge in [0.1, 0.15) is 37.6 Å². The molecule has 2 aliphatic heterocycles. The minimum atomic E-state index is -2.08. The molecule has 124 heavy (non-hydrogen) atoms. The first-order chi connectivity index (χ1) is 60.0. The summed E-state index contributed by atoms with van der Waals surface area (Å²) in [6.45, 7) is -4.39. The van der Waals surface area contributed by atoms with Crippen LogP contribution in [0.4, 0.5) is 0 Å². The number of amides is 4. The predicted molar refractivity (Wildman–Crippen MR) is 429 cm³/mol. The molecule has 0 radical (unpaired) electrons. The van der Waals surface area contributed by atoms with E-state index in [1.165, 1.54) is 146 Å². The van der Waals surface area contributed by atoms with Crippen molar-refractivity contribution >= 4 is 71.4 Å². The van der Waals surface area contributed by atoms with E-state index in [0.717, 1.165) is 0 Å². The van der Waals surface area contributed by atoms with Gasteiger partial charge in [-0.15, -0.1) is 10.1 Å². The molecule has 10 aromatic carbocycles. The topological polar surface area (TPSA) is 496 Å². The third kappa shape index (κ3) is 24.5. The second kappa shape index (κ2) is 46.0. The molecule has 34 nitrogen and oxygen atoms in total. The number of nitrogens with zero attached hydrogens (tertiary/aromatic N) is 2. The highest BCUT2D eigenvalue weighted by Gasteiger charge is 2.50. The van der Waals surface area contributed by atoms with Crippen molar-refractivity contribution < 1.29 is 145 Å². The first-order valence-electron chi connectivity index (χ1n) is 37.9. The molecule has 0 spiro atoms. The molecule has 12 atom stereocenters. The molecule has 2 heterocycles. The van der Waals surface area contributed by atoms with E-state index in [0.29, 0.717) is 10.1 Å². The number of fused-ring (bicyclic) bond motifs is 2. The normalized spacial score (nSPS) is 14.8. The number of aliphatic hydroxyl groups is 6. The Hall–Kier alpha value is -14.2. The largest absolute Gasteiger partial charge is 0.452 e. The first kappa shape index (κ1) is 92.1. The summed E-state index contributed by atoms with van der Waals surface area (Å²) >= 11 is 0. The molecule has 12 rings (SSSR count). The van der Waals surface area contributed by atoms with Crippen molar-refractivity contribution in [3.8, 4) is 0 Å². The lowest BCUT2D eigenvalue weighted by Gasteiger charge is -2.36. The van der Waals surface area contributed by atoms with Gasteiger partial charge in [0.15, 0.2) is 48.8 Å².